The fraction of sp³-hybridized carbons (Fsp3) is 0.688. The van der Waals surface area contributed by atoms with E-state index in [0.29, 0.717) is 0 Å². The molecule has 0 unspecified atom stereocenters. The summed E-state index contributed by atoms with van der Waals surface area (Å²) in [6.45, 7) is 15.7. The summed E-state index contributed by atoms with van der Waals surface area (Å²) in [5.74, 6) is 0. The van der Waals surface area contributed by atoms with Crippen molar-refractivity contribution in [1.82, 2.24) is 0 Å². The predicted molar refractivity (Wildman–Crippen MR) is 80.2 cm³/mol. The van der Waals surface area contributed by atoms with E-state index in [1.165, 1.54) is 19.3 Å². The summed E-state index contributed by atoms with van der Waals surface area (Å²) >= 11 is 0. The SMILES string of the molecule is CC.CC.CCCC.CCC[n+]1ccccc1. The first-order chi connectivity index (χ1) is 8.35. The number of aromatic nitrogens is 1. The summed E-state index contributed by atoms with van der Waals surface area (Å²) in [5, 5.41) is 0. The predicted octanol–water partition coefficient (Wildman–Crippen LogP) is 5.24. The third kappa shape index (κ3) is 21.1. The van der Waals surface area contributed by atoms with E-state index in [1.807, 2.05) is 33.8 Å². The van der Waals surface area contributed by atoms with Gasteiger partial charge in [0.1, 0.15) is 6.54 Å². The number of unbranched alkanes of at least 4 members (excludes halogenated alkanes) is 1. The summed E-state index contributed by atoms with van der Waals surface area (Å²) in [6.07, 6.45) is 8.02. The molecule has 0 saturated heterocycles. The zero-order valence-corrected chi connectivity index (χ0v) is 13.2. The number of rotatable bonds is 3. The topological polar surface area (TPSA) is 3.88 Å². The van der Waals surface area contributed by atoms with E-state index in [0.717, 1.165) is 6.54 Å². The molecule has 0 radical (unpaired) electrons. The molecule has 1 heteroatoms. The summed E-state index contributed by atoms with van der Waals surface area (Å²) < 4.78 is 2.18. The second-order valence-electron chi connectivity index (χ2n) is 3.11. The Balaban J connectivity index is -0.000000208. The minimum Gasteiger partial charge on any atom is -0.205 e. The third-order valence-corrected chi connectivity index (χ3v) is 1.76. The molecule has 0 aliphatic heterocycles. The summed E-state index contributed by atoms with van der Waals surface area (Å²) in [7, 11) is 0. The molecule has 0 amide bonds. The minimum absolute atomic E-state index is 1.13. The first-order valence-corrected chi connectivity index (χ1v) is 7.29. The largest absolute Gasteiger partial charge is 0.205 e. The fourth-order valence-corrected chi connectivity index (χ4v) is 0.842. The second kappa shape index (κ2) is 24.4. The van der Waals surface area contributed by atoms with Gasteiger partial charge in [-0.15, -0.1) is 0 Å². The Labute approximate surface area is 110 Å². The number of pyridine rings is 1. The second-order valence-corrected chi connectivity index (χ2v) is 3.11. The quantitative estimate of drug-likeness (QED) is 0.636. The molecule has 0 atom stereocenters. The Morgan fingerprint density at radius 3 is 1.35 bits per heavy atom. The Kier molecular flexibility index (Phi) is 30.8. The van der Waals surface area contributed by atoms with Gasteiger partial charge in [-0.05, 0) is 0 Å². The van der Waals surface area contributed by atoms with Crippen molar-refractivity contribution in [2.75, 3.05) is 0 Å². The van der Waals surface area contributed by atoms with Gasteiger partial charge in [0.2, 0.25) is 0 Å². The van der Waals surface area contributed by atoms with E-state index in [4.69, 9.17) is 0 Å². The van der Waals surface area contributed by atoms with E-state index >= 15 is 0 Å². The molecule has 1 heterocycles. The minimum atomic E-state index is 1.13. The van der Waals surface area contributed by atoms with Gasteiger partial charge in [0, 0.05) is 18.6 Å². The highest BCUT2D eigenvalue weighted by atomic mass is 14.9. The van der Waals surface area contributed by atoms with Crippen LogP contribution in [0.15, 0.2) is 30.6 Å². The zero-order chi connectivity index (χ0) is 13.9. The third-order valence-electron chi connectivity index (χ3n) is 1.76. The Morgan fingerprint density at radius 2 is 1.06 bits per heavy atom. The maximum Gasteiger partial charge on any atom is 0.168 e. The van der Waals surface area contributed by atoms with Gasteiger partial charge in [0.05, 0.1) is 0 Å². The first-order valence-electron chi connectivity index (χ1n) is 7.29. The van der Waals surface area contributed by atoms with E-state index < -0.39 is 0 Å². The molecule has 1 aromatic heterocycles. The van der Waals surface area contributed by atoms with Crippen molar-refractivity contribution >= 4 is 0 Å². The molecular formula is C16H34N+. The highest BCUT2D eigenvalue weighted by Gasteiger charge is 1.90. The molecule has 0 fully saturated rings. The number of aryl methyl sites for hydroxylation is 1. The van der Waals surface area contributed by atoms with Gasteiger partial charge >= 0.3 is 0 Å². The van der Waals surface area contributed by atoms with Crippen molar-refractivity contribution in [2.24, 2.45) is 0 Å². The maximum atomic E-state index is 2.18. The van der Waals surface area contributed by atoms with Crippen LogP contribution in [0.1, 0.15) is 67.7 Å². The van der Waals surface area contributed by atoms with Gasteiger partial charge < -0.3 is 0 Å². The van der Waals surface area contributed by atoms with Crippen LogP contribution < -0.4 is 4.57 Å². The van der Waals surface area contributed by atoms with Gasteiger partial charge in [0.15, 0.2) is 12.4 Å². The van der Waals surface area contributed by atoms with Crippen LogP contribution in [0.3, 0.4) is 0 Å². The van der Waals surface area contributed by atoms with Crippen molar-refractivity contribution in [2.45, 2.75) is 74.3 Å². The normalized spacial score (nSPS) is 7.47. The molecule has 0 aliphatic rings. The van der Waals surface area contributed by atoms with Crippen molar-refractivity contribution in [3.63, 3.8) is 0 Å². The van der Waals surface area contributed by atoms with Gasteiger partial charge in [-0.2, -0.15) is 0 Å². The highest BCUT2D eigenvalue weighted by molar-refractivity contribution is 4.83. The lowest BCUT2D eigenvalue weighted by atomic mass is 10.4. The van der Waals surface area contributed by atoms with Gasteiger partial charge in [-0.3, -0.25) is 0 Å². The van der Waals surface area contributed by atoms with Crippen LogP contribution in [0.2, 0.25) is 0 Å². The molecule has 1 aromatic rings. The highest BCUT2D eigenvalue weighted by Crippen LogP contribution is 1.78. The van der Waals surface area contributed by atoms with Crippen LogP contribution in [-0.4, -0.2) is 0 Å². The smallest absolute Gasteiger partial charge is 0.168 e. The number of nitrogens with zero attached hydrogens (tertiary/aromatic N) is 1. The molecule has 1 rings (SSSR count). The molecule has 1 nitrogen and oxygen atoms in total. The van der Waals surface area contributed by atoms with E-state index in [1.54, 1.807) is 0 Å². The van der Waals surface area contributed by atoms with Crippen LogP contribution >= 0.6 is 0 Å². The van der Waals surface area contributed by atoms with E-state index in [-0.39, 0.29) is 0 Å². The van der Waals surface area contributed by atoms with Gasteiger partial charge in [0.25, 0.3) is 0 Å². The van der Waals surface area contributed by atoms with Crippen LogP contribution in [-0.2, 0) is 6.54 Å². The molecule has 0 N–H and O–H groups in total. The monoisotopic (exact) mass is 240 g/mol. The molecule has 17 heavy (non-hydrogen) atoms. The molecule has 102 valence electrons. The first kappa shape index (κ1) is 21.4. The standard InChI is InChI=1S/C8H12N.C4H10.2C2H6/c1-2-6-9-7-4-3-5-8-9;1-3-4-2;2*1-2/h3-5,7-8H,2,6H2,1H3;3-4H2,1-2H3;2*1-2H3/q+1;;;. The Morgan fingerprint density at radius 1 is 0.647 bits per heavy atom. The zero-order valence-electron chi connectivity index (χ0n) is 13.2. The molecule has 0 aliphatic carbocycles. The van der Waals surface area contributed by atoms with Crippen LogP contribution in [0.4, 0.5) is 0 Å². The van der Waals surface area contributed by atoms with Gasteiger partial charge in [-0.1, -0.05) is 67.4 Å². The summed E-state index contributed by atoms with van der Waals surface area (Å²) in [6, 6.07) is 6.14. The molecule has 0 spiro atoms. The van der Waals surface area contributed by atoms with Crippen molar-refractivity contribution in [3.05, 3.63) is 30.6 Å². The average molecular weight is 240 g/mol. The summed E-state index contributed by atoms with van der Waals surface area (Å²) in [4.78, 5) is 0. The summed E-state index contributed by atoms with van der Waals surface area (Å²) in [5.41, 5.74) is 0. The molecule has 0 saturated carbocycles. The fourth-order valence-electron chi connectivity index (χ4n) is 0.842. The van der Waals surface area contributed by atoms with Crippen molar-refractivity contribution in [1.29, 1.82) is 0 Å². The Bertz CT molecular complexity index is 180. The lowest BCUT2D eigenvalue weighted by molar-refractivity contribution is -0.697. The van der Waals surface area contributed by atoms with Gasteiger partial charge in [-0.25, -0.2) is 4.57 Å². The number of hydrogen-bond acceptors (Lipinski definition) is 0. The van der Waals surface area contributed by atoms with Crippen LogP contribution in [0.25, 0.3) is 0 Å². The lowest BCUT2D eigenvalue weighted by Gasteiger charge is -1.88. The molecule has 0 bridgehead atoms. The lowest BCUT2D eigenvalue weighted by Crippen LogP contribution is -2.31. The molecule has 0 aromatic carbocycles. The van der Waals surface area contributed by atoms with E-state index in [9.17, 15) is 0 Å². The van der Waals surface area contributed by atoms with Crippen LogP contribution in [0, 0.1) is 0 Å². The average Bonchev–Trinajstić information content (AvgIpc) is 2.45. The van der Waals surface area contributed by atoms with Crippen molar-refractivity contribution in [3.8, 4) is 0 Å². The van der Waals surface area contributed by atoms with E-state index in [2.05, 4.69) is 49.9 Å². The van der Waals surface area contributed by atoms with Crippen molar-refractivity contribution < 1.29 is 4.57 Å². The van der Waals surface area contributed by atoms with Crippen LogP contribution in [0.5, 0.6) is 0 Å². The maximum absolute atomic E-state index is 2.18. The Hall–Kier alpha value is -0.850. The number of hydrogen-bond donors (Lipinski definition) is 0. The molecular weight excluding hydrogens is 206 g/mol.